The van der Waals surface area contributed by atoms with Crippen LogP contribution in [-0.4, -0.2) is 0 Å². The topological polar surface area (TPSA) is 0 Å². The summed E-state index contributed by atoms with van der Waals surface area (Å²) in [5, 5.41) is 0.768. The summed E-state index contributed by atoms with van der Waals surface area (Å²) < 4.78 is 1.00. The Balaban J connectivity index is 3.07. The normalized spacial score (nSPS) is 9.90. The van der Waals surface area contributed by atoms with Crippen LogP contribution in [0.4, 0.5) is 0 Å². The Morgan fingerprint density at radius 2 is 2.20 bits per heavy atom. The zero-order chi connectivity index (χ0) is 7.56. The fourth-order valence-corrected chi connectivity index (χ4v) is 1.76. The van der Waals surface area contributed by atoms with Gasteiger partial charge in [-0.3, -0.25) is 0 Å². The van der Waals surface area contributed by atoms with E-state index < -0.39 is 0 Å². The summed E-state index contributed by atoms with van der Waals surface area (Å²) in [4.78, 5) is 0. The van der Waals surface area contributed by atoms with Crippen LogP contribution in [-0.2, 0) is 5.75 Å². The highest BCUT2D eigenvalue weighted by Gasteiger charge is 1.96. The maximum atomic E-state index is 5.85. The first kappa shape index (κ1) is 8.44. The monoisotopic (exact) mass is 236 g/mol. The molecule has 1 rings (SSSR count). The summed E-state index contributed by atoms with van der Waals surface area (Å²) in [5.41, 5.74) is 1.06. The standard InChI is InChI=1S/C7H6BrClS/c8-6-2-1-5(4-10)7(9)3-6/h1-3,10H,4H2. The van der Waals surface area contributed by atoms with Crippen molar-refractivity contribution in [1.29, 1.82) is 0 Å². The predicted octanol–water partition coefficient (Wildman–Crippen LogP) is 3.53. The minimum absolute atomic E-state index is 0.687. The van der Waals surface area contributed by atoms with E-state index in [1.54, 1.807) is 0 Å². The van der Waals surface area contributed by atoms with Crippen molar-refractivity contribution >= 4 is 40.2 Å². The lowest BCUT2D eigenvalue weighted by atomic mass is 10.2. The number of hydrogen-bond donors (Lipinski definition) is 1. The Kier molecular flexibility index (Phi) is 3.08. The Morgan fingerprint density at radius 1 is 1.50 bits per heavy atom. The molecule has 0 aliphatic heterocycles. The molecule has 10 heavy (non-hydrogen) atoms. The van der Waals surface area contributed by atoms with E-state index in [0.717, 1.165) is 15.1 Å². The Hall–Kier alpha value is 0.340. The van der Waals surface area contributed by atoms with E-state index in [9.17, 15) is 0 Å². The maximum Gasteiger partial charge on any atom is 0.0457 e. The second kappa shape index (κ2) is 3.65. The van der Waals surface area contributed by atoms with Crippen LogP contribution >= 0.6 is 40.2 Å². The molecule has 1 aromatic rings. The van der Waals surface area contributed by atoms with Crippen LogP contribution in [0.3, 0.4) is 0 Å². The van der Waals surface area contributed by atoms with E-state index in [2.05, 4.69) is 28.6 Å². The minimum atomic E-state index is 0.687. The van der Waals surface area contributed by atoms with Gasteiger partial charge in [-0.05, 0) is 17.7 Å². The zero-order valence-electron chi connectivity index (χ0n) is 5.14. The van der Waals surface area contributed by atoms with Crippen molar-refractivity contribution in [3.8, 4) is 0 Å². The lowest BCUT2D eigenvalue weighted by Crippen LogP contribution is -1.78. The predicted molar refractivity (Wildman–Crippen MR) is 51.8 cm³/mol. The van der Waals surface area contributed by atoms with Gasteiger partial charge in [0.2, 0.25) is 0 Å². The van der Waals surface area contributed by atoms with Gasteiger partial charge in [-0.2, -0.15) is 12.6 Å². The van der Waals surface area contributed by atoms with Crippen LogP contribution in [0.5, 0.6) is 0 Å². The number of hydrogen-bond acceptors (Lipinski definition) is 1. The van der Waals surface area contributed by atoms with Crippen LogP contribution in [0, 0.1) is 0 Å². The van der Waals surface area contributed by atoms with Gasteiger partial charge in [0.25, 0.3) is 0 Å². The summed E-state index contributed by atoms with van der Waals surface area (Å²) in [5.74, 6) is 0.687. The van der Waals surface area contributed by atoms with Crippen molar-refractivity contribution in [2.24, 2.45) is 0 Å². The molecule has 0 heterocycles. The third-order valence-electron chi connectivity index (χ3n) is 1.19. The first-order valence-electron chi connectivity index (χ1n) is 2.79. The molecule has 0 saturated carbocycles. The smallest absolute Gasteiger partial charge is 0.0457 e. The zero-order valence-corrected chi connectivity index (χ0v) is 8.38. The van der Waals surface area contributed by atoms with Gasteiger partial charge in [-0.25, -0.2) is 0 Å². The van der Waals surface area contributed by atoms with Gasteiger partial charge in [0.1, 0.15) is 0 Å². The van der Waals surface area contributed by atoms with Crippen LogP contribution < -0.4 is 0 Å². The van der Waals surface area contributed by atoms with Crippen molar-refractivity contribution < 1.29 is 0 Å². The van der Waals surface area contributed by atoms with Crippen LogP contribution in [0.15, 0.2) is 22.7 Å². The van der Waals surface area contributed by atoms with Gasteiger partial charge >= 0.3 is 0 Å². The van der Waals surface area contributed by atoms with Crippen molar-refractivity contribution in [2.75, 3.05) is 0 Å². The number of benzene rings is 1. The van der Waals surface area contributed by atoms with E-state index in [1.165, 1.54) is 0 Å². The first-order valence-corrected chi connectivity index (χ1v) is 4.59. The molecule has 0 saturated heterocycles. The molecule has 0 amide bonds. The molecule has 1 aromatic carbocycles. The summed E-state index contributed by atoms with van der Waals surface area (Å²) in [7, 11) is 0. The first-order chi connectivity index (χ1) is 4.74. The fraction of sp³-hybridized carbons (Fsp3) is 0.143. The highest BCUT2D eigenvalue weighted by molar-refractivity contribution is 9.10. The minimum Gasteiger partial charge on any atom is -0.174 e. The summed E-state index contributed by atoms with van der Waals surface area (Å²) in [6.07, 6.45) is 0. The van der Waals surface area contributed by atoms with Crippen molar-refractivity contribution in [1.82, 2.24) is 0 Å². The largest absolute Gasteiger partial charge is 0.174 e. The third kappa shape index (κ3) is 1.91. The molecular weight excluding hydrogens is 232 g/mol. The highest BCUT2D eigenvalue weighted by atomic mass is 79.9. The molecule has 0 aliphatic rings. The number of halogens is 2. The maximum absolute atomic E-state index is 5.85. The Bertz CT molecular complexity index is 237. The van der Waals surface area contributed by atoms with Crippen molar-refractivity contribution in [3.05, 3.63) is 33.3 Å². The van der Waals surface area contributed by atoms with Gasteiger partial charge in [0, 0.05) is 15.2 Å². The molecule has 0 radical (unpaired) electrons. The molecule has 54 valence electrons. The van der Waals surface area contributed by atoms with Gasteiger partial charge in [0.15, 0.2) is 0 Å². The lowest BCUT2D eigenvalue weighted by molar-refractivity contribution is 1.41. The number of thiol groups is 1. The second-order valence-electron chi connectivity index (χ2n) is 1.89. The van der Waals surface area contributed by atoms with E-state index in [0.29, 0.717) is 5.75 Å². The average Bonchev–Trinajstić information content (AvgIpc) is 1.88. The van der Waals surface area contributed by atoms with Crippen LogP contribution in [0.1, 0.15) is 5.56 Å². The Morgan fingerprint density at radius 3 is 2.70 bits per heavy atom. The molecule has 0 aromatic heterocycles. The molecule has 0 nitrogen and oxygen atoms in total. The molecule has 3 heteroatoms. The SMILES string of the molecule is SCc1ccc(Br)cc1Cl. The van der Waals surface area contributed by atoms with Crippen molar-refractivity contribution in [3.63, 3.8) is 0 Å². The average molecular weight is 238 g/mol. The lowest BCUT2D eigenvalue weighted by Gasteiger charge is -1.98. The molecule has 0 atom stereocenters. The third-order valence-corrected chi connectivity index (χ3v) is 2.37. The molecule has 0 unspecified atom stereocenters. The van der Waals surface area contributed by atoms with Gasteiger partial charge in [0.05, 0.1) is 0 Å². The molecular formula is C7H6BrClS. The molecule has 0 N–H and O–H groups in total. The highest BCUT2D eigenvalue weighted by Crippen LogP contribution is 2.22. The fourth-order valence-electron chi connectivity index (χ4n) is 0.650. The van der Waals surface area contributed by atoms with E-state index in [1.807, 2.05) is 18.2 Å². The summed E-state index contributed by atoms with van der Waals surface area (Å²) >= 11 is 13.3. The molecule has 0 bridgehead atoms. The molecule has 0 aliphatic carbocycles. The van der Waals surface area contributed by atoms with Crippen LogP contribution in [0.2, 0.25) is 5.02 Å². The van der Waals surface area contributed by atoms with Gasteiger partial charge < -0.3 is 0 Å². The molecule has 0 spiro atoms. The van der Waals surface area contributed by atoms with Gasteiger partial charge in [-0.15, -0.1) is 0 Å². The number of rotatable bonds is 1. The second-order valence-corrected chi connectivity index (χ2v) is 3.53. The van der Waals surface area contributed by atoms with E-state index in [4.69, 9.17) is 11.6 Å². The van der Waals surface area contributed by atoms with Crippen LogP contribution in [0.25, 0.3) is 0 Å². The summed E-state index contributed by atoms with van der Waals surface area (Å²) in [6, 6.07) is 5.78. The Labute approximate surface area is 79.1 Å². The quantitative estimate of drug-likeness (QED) is 0.710. The van der Waals surface area contributed by atoms with E-state index in [-0.39, 0.29) is 0 Å². The van der Waals surface area contributed by atoms with Crippen molar-refractivity contribution in [2.45, 2.75) is 5.75 Å². The van der Waals surface area contributed by atoms with Gasteiger partial charge in [-0.1, -0.05) is 33.6 Å². The van der Waals surface area contributed by atoms with E-state index >= 15 is 0 Å². The molecule has 0 fully saturated rings. The summed E-state index contributed by atoms with van der Waals surface area (Å²) in [6.45, 7) is 0.